The van der Waals surface area contributed by atoms with Crippen molar-refractivity contribution in [3.8, 4) is 5.75 Å². The molecule has 4 nitrogen and oxygen atoms in total. The van der Waals surface area contributed by atoms with E-state index in [9.17, 15) is 9.18 Å². The first-order valence-electron chi connectivity index (χ1n) is 7.40. The highest BCUT2D eigenvalue weighted by atomic mass is 19.1. The summed E-state index contributed by atoms with van der Waals surface area (Å²) >= 11 is 0. The minimum atomic E-state index is -0.242. The van der Waals surface area contributed by atoms with E-state index in [0.29, 0.717) is 17.9 Å². The van der Waals surface area contributed by atoms with Gasteiger partial charge in [-0.3, -0.25) is 4.79 Å². The predicted molar refractivity (Wildman–Crippen MR) is 89.2 cm³/mol. The van der Waals surface area contributed by atoms with E-state index < -0.39 is 0 Å². The topological polar surface area (TPSA) is 50.4 Å². The summed E-state index contributed by atoms with van der Waals surface area (Å²) < 4.78 is 18.5. The number of benzene rings is 2. The molecule has 0 radical (unpaired) electrons. The first-order chi connectivity index (χ1) is 11.0. The molecule has 0 unspecified atom stereocenters. The van der Waals surface area contributed by atoms with Crippen molar-refractivity contribution in [2.45, 2.75) is 20.4 Å². The molecule has 23 heavy (non-hydrogen) atoms. The minimum Gasteiger partial charge on any atom is -0.495 e. The fraction of sp³-hybridized carbons (Fsp3) is 0.278. The summed E-state index contributed by atoms with van der Waals surface area (Å²) in [4.78, 5) is 11.9. The number of nitrogens with one attached hydrogen (secondary N) is 2. The number of hydrogen-bond acceptors (Lipinski definition) is 3. The summed E-state index contributed by atoms with van der Waals surface area (Å²) in [6.07, 6.45) is 0. The molecule has 0 saturated carbocycles. The fourth-order valence-corrected chi connectivity index (χ4v) is 2.22. The Bertz CT molecular complexity index is 701. The zero-order chi connectivity index (χ0) is 16.8. The van der Waals surface area contributed by atoms with Gasteiger partial charge in [-0.05, 0) is 48.7 Å². The average molecular weight is 316 g/mol. The van der Waals surface area contributed by atoms with Crippen LogP contribution in [0.2, 0.25) is 0 Å². The van der Waals surface area contributed by atoms with Gasteiger partial charge >= 0.3 is 0 Å². The molecule has 0 aliphatic rings. The van der Waals surface area contributed by atoms with E-state index in [1.807, 2.05) is 25.1 Å². The molecule has 5 heteroatoms. The number of rotatable bonds is 6. The maximum atomic E-state index is 13.2. The number of hydrogen-bond donors (Lipinski definition) is 2. The van der Waals surface area contributed by atoms with Gasteiger partial charge in [-0.2, -0.15) is 0 Å². The molecule has 2 aromatic carbocycles. The van der Waals surface area contributed by atoms with E-state index in [1.54, 1.807) is 26.2 Å². The summed E-state index contributed by atoms with van der Waals surface area (Å²) in [5.74, 6) is 0.307. The molecule has 2 N–H and O–H groups in total. The Labute approximate surface area is 135 Å². The summed E-state index contributed by atoms with van der Waals surface area (Å²) in [5.41, 5.74) is 3.29. The highest BCUT2D eigenvalue weighted by Gasteiger charge is 2.06. The molecule has 0 heterocycles. The normalized spacial score (nSPS) is 10.3. The largest absolute Gasteiger partial charge is 0.495 e. The SMILES string of the molecule is COc1ccc(C)cc1NCC(=O)NCc1ccc(F)c(C)c1. The molecule has 2 rings (SSSR count). The molecular formula is C18H21FN2O2. The van der Waals surface area contributed by atoms with Gasteiger partial charge in [0.15, 0.2) is 0 Å². The van der Waals surface area contributed by atoms with Gasteiger partial charge in [-0.1, -0.05) is 18.2 Å². The third-order valence-corrected chi connectivity index (χ3v) is 3.51. The maximum Gasteiger partial charge on any atom is 0.239 e. The van der Waals surface area contributed by atoms with E-state index in [0.717, 1.165) is 16.8 Å². The molecule has 0 atom stereocenters. The second-order valence-electron chi connectivity index (χ2n) is 5.42. The van der Waals surface area contributed by atoms with Crippen molar-refractivity contribution in [2.24, 2.45) is 0 Å². The van der Waals surface area contributed by atoms with Gasteiger partial charge < -0.3 is 15.4 Å². The number of halogens is 1. The Morgan fingerprint density at radius 3 is 2.65 bits per heavy atom. The van der Waals surface area contributed by atoms with Crippen molar-refractivity contribution in [3.63, 3.8) is 0 Å². The van der Waals surface area contributed by atoms with Crippen molar-refractivity contribution >= 4 is 11.6 Å². The van der Waals surface area contributed by atoms with Gasteiger partial charge in [0.1, 0.15) is 11.6 Å². The zero-order valence-corrected chi connectivity index (χ0v) is 13.6. The molecule has 0 saturated heterocycles. The molecule has 1 amide bonds. The molecule has 0 aliphatic carbocycles. The Morgan fingerprint density at radius 2 is 1.96 bits per heavy atom. The number of anilines is 1. The quantitative estimate of drug-likeness (QED) is 0.860. The van der Waals surface area contributed by atoms with Crippen LogP contribution in [0.1, 0.15) is 16.7 Å². The third-order valence-electron chi connectivity index (χ3n) is 3.51. The highest BCUT2D eigenvalue weighted by Crippen LogP contribution is 2.24. The number of aryl methyl sites for hydroxylation is 2. The summed E-state index contributed by atoms with van der Waals surface area (Å²) in [6.45, 7) is 4.18. The van der Waals surface area contributed by atoms with Crippen LogP contribution in [0.5, 0.6) is 5.75 Å². The first kappa shape index (κ1) is 16.8. The molecule has 122 valence electrons. The van der Waals surface area contributed by atoms with Crippen molar-refractivity contribution in [1.82, 2.24) is 5.32 Å². The number of ether oxygens (including phenoxy) is 1. The summed E-state index contributed by atoms with van der Waals surface area (Å²) in [7, 11) is 1.59. The Balaban J connectivity index is 1.88. The smallest absolute Gasteiger partial charge is 0.239 e. The maximum absolute atomic E-state index is 13.2. The lowest BCUT2D eigenvalue weighted by molar-refractivity contribution is -0.119. The number of carbonyl (C=O) groups excluding carboxylic acids is 1. The van der Waals surface area contributed by atoms with Crippen LogP contribution in [0.3, 0.4) is 0 Å². The summed E-state index contributed by atoms with van der Waals surface area (Å²) in [5, 5.41) is 5.87. The van der Waals surface area contributed by atoms with Crippen LogP contribution in [0.4, 0.5) is 10.1 Å². The van der Waals surface area contributed by atoms with Crippen LogP contribution < -0.4 is 15.4 Å². The highest BCUT2D eigenvalue weighted by molar-refractivity contribution is 5.81. The molecule has 0 spiro atoms. The molecule has 0 aliphatic heterocycles. The lowest BCUT2D eigenvalue weighted by Crippen LogP contribution is -2.29. The van der Waals surface area contributed by atoms with E-state index in [4.69, 9.17) is 4.74 Å². The van der Waals surface area contributed by atoms with E-state index in [2.05, 4.69) is 10.6 Å². The van der Waals surface area contributed by atoms with Crippen LogP contribution in [0, 0.1) is 19.7 Å². The van der Waals surface area contributed by atoms with E-state index in [1.165, 1.54) is 6.07 Å². The summed E-state index contributed by atoms with van der Waals surface area (Å²) in [6, 6.07) is 10.5. The van der Waals surface area contributed by atoms with E-state index in [-0.39, 0.29) is 18.3 Å². The van der Waals surface area contributed by atoms with Crippen LogP contribution in [0.25, 0.3) is 0 Å². The molecular weight excluding hydrogens is 295 g/mol. The molecule has 2 aromatic rings. The molecule has 0 fully saturated rings. The van der Waals surface area contributed by atoms with Crippen molar-refractivity contribution in [1.29, 1.82) is 0 Å². The monoisotopic (exact) mass is 316 g/mol. The van der Waals surface area contributed by atoms with Crippen molar-refractivity contribution in [2.75, 3.05) is 19.0 Å². The third kappa shape index (κ3) is 4.71. The lowest BCUT2D eigenvalue weighted by atomic mass is 10.1. The Hall–Kier alpha value is -2.56. The number of amides is 1. The Kier molecular flexibility index (Phi) is 5.57. The van der Waals surface area contributed by atoms with Crippen molar-refractivity contribution < 1.29 is 13.9 Å². The van der Waals surface area contributed by atoms with Crippen LogP contribution in [0.15, 0.2) is 36.4 Å². The van der Waals surface area contributed by atoms with Crippen LogP contribution >= 0.6 is 0 Å². The van der Waals surface area contributed by atoms with Gasteiger partial charge in [0.05, 0.1) is 19.3 Å². The zero-order valence-electron chi connectivity index (χ0n) is 13.6. The Morgan fingerprint density at radius 1 is 1.17 bits per heavy atom. The van der Waals surface area contributed by atoms with Gasteiger partial charge in [0.25, 0.3) is 0 Å². The molecule has 0 aromatic heterocycles. The molecule has 0 bridgehead atoms. The van der Waals surface area contributed by atoms with Gasteiger partial charge in [0.2, 0.25) is 5.91 Å². The van der Waals surface area contributed by atoms with Gasteiger partial charge in [0, 0.05) is 6.54 Å². The van der Waals surface area contributed by atoms with E-state index >= 15 is 0 Å². The van der Waals surface area contributed by atoms with Crippen LogP contribution in [-0.2, 0) is 11.3 Å². The fourth-order valence-electron chi connectivity index (χ4n) is 2.22. The minimum absolute atomic E-state index is 0.139. The standard InChI is InChI=1S/C18H21FN2O2/c1-12-4-7-17(23-3)16(8-12)20-11-18(22)21-10-14-5-6-15(19)13(2)9-14/h4-9,20H,10-11H2,1-3H3,(H,21,22). The van der Waals surface area contributed by atoms with Crippen LogP contribution in [-0.4, -0.2) is 19.6 Å². The lowest BCUT2D eigenvalue weighted by Gasteiger charge is -2.12. The van der Waals surface area contributed by atoms with Crippen molar-refractivity contribution in [3.05, 3.63) is 58.9 Å². The number of carbonyl (C=O) groups is 1. The average Bonchev–Trinajstić information content (AvgIpc) is 2.54. The number of methoxy groups -OCH3 is 1. The predicted octanol–water partition coefficient (Wildman–Crippen LogP) is 3.18. The van der Waals surface area contributed by atoms with Gasteiger partial charge in [-0.25, -0.2) is 4.39 Å². The second-order valence-corrected chi connectivity index (χ2v) is 5.42. The second kappa shape index (κ2) is 7.63. The van der Waals surface area contributed by atoms with Gasteiger partial charge in [-0.15, -0.1) is 0 Å². The first-order valence-corrected chi connectivity index (χ1v) is 7.40.